The lowest BCUT2D eigenvalue weighted by atomic mass is 10.1. The van der Waals surface area contributed by atoms with Crippen molar-refractivity contribution in [3.05, 3.63) is 59.4 Å². The fourth-order valence-electron chi connectivity index (χ4n) is 1.64. The average molecular weight is 277 g/mol. The third-order valence-electron chi connectivity index (χ3n) is 2.59. The molecule has 3 nitrogen and oxygen atoms in total. The van der Waals surface area contributed by atoms with Crippen LogP contribution in [0.15, 0.2) is 47.4 Å². The molecule has 0 aliphatic carbocycles. The topological polar surface area (TPSA) is 63.3 Å². The van der Waals surface area contributed by atoms with Crippen LogP contribution in [0.2, 0.25) is 0 Å². The van der Waals surface area contributed by atoms with E-state index in [1.165, 1.54) is 23.9 Å². The highest BCUT2D eigenvalue weighted by Gasteiger charge is 2.10. The normalized spacial score (nSPS) is 10.4. The van der Waals surface area contributed by atoms with Gasteiger partial charge in [-0.25, -0.2) is 9.18 Å². The Morgan fingerprint density at radius 2 is 2.00 bits per heavy atom. The van der Waals surface area contributed by atoms with Crippen molar-refractivity contribution in [1.82, 2.24) is 0 Å². The molecule has 3 N–H and O–H groups in total. The first-order valence-corrected chi connectivity index (χ1v) is 6.55. The Kier molecular flexibility index (Phi) is 4.06. The Morgan fingerprint density at radius 3 is 2.68 bits per heavy atom. The summed E-state index contributed by atoms with van der Waals surface area (Å²) in [5, 5.41) is 9.05. The van der Waals surface area contributed by atoms with Crippen molar-refractivity contribution in [2.24, 2.45) is 0 Å². The second-order valence-corrected chi connectivity index (χ2v) is 4.96. The summed E-state index contributed by atoms with van der Waals surface area (Å²) in [7, 11) is 0. The molecule has 0 aromatic heterocycles. The van der Waals surface area contributed by atoms with Crippen LogP contribution >= 0.6 is 11.8 Å². The van der Waals surface area contributed by atoms with Gasteiger partial charge in [0.05, 0.1) is 5.56 Å². The van der Waals surface area contributed by atoms with E-state index in [1.807, 2.05) is 0 Å². The summed E-state index contributed by atoms with van der Waals surface area (Å²) in [6.07, 6.45) is 0. The number of carboxylic acid groups (broad SMARTS) is 1. The summed E-state index contributed by atoms with van der Waals surface area (Å²) < 4.78 is 13.6. The fraction of sp³-hybridized carbons (Fsp3) is 0.0714. The van der Waals surface area contributed by atoms with Crippen LogP contribution < -0.4 is 5.73 Å². The molecule has 0 aliphatic heterocycles. The van der Waals surface area contributed by atoms with Crippen molar-refractivity contribution in [2.45, 2.75) is 10.6 Å². The molecular weight excluding hydrogens is 265 g/mol. The molecule has 0 aliphatic rings. The highest BCUT2D eigenvalue weighted by atomic mass is 32.2. The van der Waals surface area contributed by atoms with E-state index >= 15 is 0 Å². The van der Waals surface area contributed by atoms with Gasteiger partial charge < -0.3 is 10.8 Å². The van der Waals surface area contributed by atoms with E-state index in [1.54, 1.807) is 30.3 Å². The number of nitrogen functional groups attached to an aromatic ring is 1. The van der Waals surface area contributed by atoms with Gasteiger partial charge in [0.25, 0.3) is 0 Å². The van der Waals surface area contributed by atoms with Crippen LogP contribution in [0.1, 0.15) is 15.9 Å². The van der Waals surface area contributed by atoms with Gasteiger partial charge in [-0.15, -0.1) is 11.8 Å². The predicted octanol–water partition coefficient (Wildman–Crippen LogP) is 3.40. The molecule has 0 atom stereocenters. The molecule has 0 saturated carbocycles. The van der Waals surface area contributed by atoms with Crippen LogP contribution in [0, 0.1) is 5.82 Å². The molecule has 2 rings (SSSR count). The van der Waals surface area contributed by atoms with E-state index in [0.717, 1.165) is 0 Å². The first-order valence-electron chi connectivity index (χ1n) is 5.57. The molecule has 0 amide bonds. The van der Waals surface area contributed by atoms with Crippen molar-refractivity contribution >= 4 is 23.4 Å². The summed E-state index contributed by atoms with van der Waals surface area (Å²) in [4.78, 5) is 11.5. The number of carboxylic acids is 1. The monoisotopic (exact) mass is 277 g/mol. The van der Waals surface area contributed by atoms with Gasteiger partial charge in [0.1, 0.15) is 5.82 Å². The number of hydrogen-bond acceptors (Lipinski definition) is 3. The largest absolute Gasteiger partial charge is 0.478 e. The zero-order chi connectivity index (χ0) is 13.8. The lowest BCUT2D eigenvalue weighted by Gasteiger charge is -2.07. The van der Waals surface area contributed by atoms with E-state index in [0.29, 0.717) is 21.9 Å². The van der Waals surface area contributed by atoms with Gasteiger partial charge in [-0.3, -0.25) is 0 Å². The zero-order valence-electron chi connectivity index (χ0n) is 9.97. The number of halogens is 1. The molecule has 0 radical (unpaired) electrons. The van der Waals surface area contributed by atoms with E-state index in [-0.39, 0.29) is 5.56 Å². The molecule has 5 heteroatoms. The Morgan fingerprint density at radius 1 is 1.26 bits per heavy atom. The number of nitrogens with two attached hydrogens (primary N) is 1. The maximum atomic E-state index is 13.6. The Balaban J connectivity index is 2.17. The SMILES string of the molecule is Nc1ccc(SCc2ccccc2C(=O)O)c(F)c1. The number of carbonyl (C=O) groups is 1. The predicted molar refractivity (Wildman–Crippen MR) is 73.8 cm³/mol. The highest BCUT2D eigenvalue weighted by Crippen LogP contribution is 2.27. The minimum absolute atomic E-state index is 0.242. The first-order chi connectivity index (χ1) is 9.08. The van der Waals surface area contributed by atoms with E-state index < -0.39 is 11.8 Å². The minimum atomic E-state index is -0.978. The van der Waals surface area contributed by atoms with E-state index in [2.05, 4.69) is 0 Å². The number of rotatable bonds is 4. The van der Waals surface area contributed by atoms with Crippen molar-refractivity contribution in [2.75, 3.05) is 5.73 Å². The molecule has 0 unspecified atom stereocenters. The Bertz CT molecular complexity index is 616. The van der Waals surface area contributed by atoms with Gasteiger partial charge in [-0.2, -0.15) is 0 Å². The number of benzene rings is 2. The maximum Gasteiger partial charge on any atom is 0.335 e. The van der Waals surface area contributed by atoms with Crippen LogP contribution in [-0.4, -0.2) is 11.1 Å². The van der Waals surface area contributed by atoms with Gasteiger partial charge in [0.15, 0.2) is 0 Å². The summed E-state index contributed by atoms with van der Waals surface area (Å²) in [5.74, 6) is -0.977. The molecule has 0 spiro atoms. The van der Waals surface area contributed by atoms with Crippen LogP contribution in [0.4, 0.5) is 10.1 Å². The number of aromatic carboxylic acids is 1. The molecule has 0 heterocycles. The van der Waals surface area contributed by atoms with Crippen molar-refractivity contribution in [1.29, 1.82) is 0 Å². The molecule has 19 heavy (non-hydrogen) atoms. The van der Waals surface area contributed by atoms with Gasteiger partial charge in [0, 0.05) is 16.3 Å². The van der Waals surface area contributed by atoms with Gasteiger partial charge >= 0.3 is 5.97 Å². The van der Waals surface area contributed by atoms with Crippen molar-refractivity contribution in [3.8, 4) is 0 Å². The Hall–Kier alpha value is -2.01. The number of anilines is 1. The summed E-state index contributed by atoms with van der Waals surface area (Å²) in [5.41, 5.74) is 6.74. The molecule has 0 saturated heterocycles. The molecule has 0 bridgehead atoms. The summed E-state index contributed by atoms with van der Waals surface area (Å²) in [6, 6.07) is 11.2. The lowest BCUT2D eigenvalue weighted by molar-refractivity contribution is 0.0696. The smallest absolute Gasteiger partial charge is 0.335 e. The third-order valence-corrected chi connectivity index (χ3v) is 3.68. The third kappa shape index (κ3) is 3.26. The van der Waals surface area contributed by atoms with Crippen LogP contribution in [0.25, 0.3) is 0 Å². The van der Waals surface area contributed by atoms with Gasteiger partial charge in [-0.1, -0.05) is 18.2 Å². The maximum absolute atomic E-state index is 13.6. The first kappa shape index (κ1) is 13.4. The standard InChI is InChI=1S/C14H12FNO2S/c15-12-7-10(16)5-6-13(12)19-8-9-3-1-2-4-11(9)14(17)18/h1-7H,8,16H2,(H,17,18). The Labute approximate surface area is 114 Å². The van der Waals surface area contributed by atoms with Crippen molar-refractivity contribution in [3.63, 3.8) is 0 Å². The number of thioether (sulfide) groups is 1. The number of hydrogen-bond donors (Lipinski definition) is 2. The molecule has 2 aromatic rings. The van der Waals surface area contributed by atoms with Gasteiger partial charge in [0.2, 0.25) is 0 Å². The molecular formula is C14H12FNO2S. The van der Waals surface area contributed by atoms with Crippen molar-refractivity contribution < 1.29 is 14.3 Å². The average Bonchev–Trinajstić information content (AvgIpc) is 2.38. The summed E-state index contributed by atoms with van der Waals surface area (Å²) in [6.45, 7) is 0. The minimum Gasteiger partial charge on any atom is -0.478 e. The second-order valence-electron chi connectivity index (χ2n) is 3.94. The molecule has 0 fully saturated rings. The lowest BCUT2D eigenvalue weighted by Crippen LogP contribution is -2.01. The van der Waals surface area contributed by atoms with Crippen LogP contribution in [0.3, 0.4) is 0 Å². The van der Waals surface area contributed by atoms with E-state index in [9.17, 15) is 9.18 Å². The van der Waals surface area contributed by atoms with Crippen LogP contribution in [-0.2, 0) is 5.75 Å². The summed E-state index contributed by atoms with van der Waals surface area (Å²) >= 11 is 1.25. The second kappa shape index (κ2) is 5.75. The molecule has 98 valence electrons. The zero-order valence-corrected chi connectivity index (χ0v) is 10.8. The van der Waals surface area contributed by atoms with Gasteiger partial charge in [-0.05, 0) is 29.8 Å². The molecule has 2 aromatic carbocycles. The quantitative estimate of drug-likeness (QED) is 0.664. The van der Waals surface area contributed by atoms with E-state index in [4.69, 9.17) is 10.8 Å². The highest BCUT2D eigenvalue weighted by molar-refractivity contribution is 7.98. The van der Waals surface area contributed by atoms with Crippen LogP contribution in [0.5, 0.6) is 0 Å². The fourth-order valence-corrected chi connectivity index (χ4v) is 2.57.